The highest BCUT2D eigenvalue weighted by Gasteiger charge is 2.27. The molecule has 0 aliphatic heterocycles. The maximum absolute atomic E-state index is 12.5. The van der Waals surface area contributed by atoms with Crippen molar-refractivity contribution in [1.29, 1.82) is 0 Å². The average Bonchev–Trinajstić information content (AvgIpc) is 3.04. The van der Waals surface area contributed by atoms with Crippen molar-refractivity contribution in [3.8, 4) is 0 Å². The van der Waals surface area contributed by atoms with Gasteiger partial charge >= 0.3 is 19.8 Å². The first-order valence-electron chi connectivity index (χ1n) is 17.9. The van der Waals surface area contributed by atoms with Crippen LogP contribution in [-0.4, -0.2) is 76.9 Å². The highest BCUT2D eigenvalue weighted by molar-refractivity contribution is 7.47. The monoisotopic (exact) mass is 704 g/mol. The lowest BCUT2D eigenvalue weighted by Gasteiger charge is -2.20. The minimum Gasteiger partial charge on any atom is -0.462 e. The standard InChI is InChI=1S/C36H65O11P/c1-4-5-17-23-32(38)24-19-14-9-7-6-8-10-16-21-26-36(41)47-34(30-46-48(42,43)45-28-33(39)27-37)29-44-35(40)25-20-15-12-11-13-18-22-31(2)3/h5,9,14,17,19,24,31-34,37-39H,4,6-8,10-13,15-16,18,20-23,25-30H2,1-3H3,(H,42,43)/b14-9+,17-5+,24-19+/t32?,33-,34+/m0/s1. The van der Waals surface area contributed by atoms with Crippen molar-refractivity contribution < 1.29 is 52.9 Å². The van der Waals surface area contributed by atoms with Crippen molar-refractivity contribution in [3.05, 3.63) is 36.5 Å². The molecule has 2 unspecified atom stereocenters. The van der Waals surface area contributed by atoms with Crippen LogP contribution in [0.1, 0.15) is 130 Å². The number of phosphoric acid groups is 1. The van der Waals surface area contributed by atoms with Gasteiger partial charge in [-0.25, -0.2) is 4.57 Å². The van der Waals surface area contributed by atoms with Crippen LogP contribution < -0.4 is 0 Å². The Bertz CT molecular complexity index is 935. The minimum atomic E-state index is -4.62. The minimum absolute atomic E-state index is 0.137. The lowest BCUT2D eigenvalue weighted by molar-refractivity contribution is -0.161. The Morgan fingerprint density at radius 2 is 1.35 bits per heavy atom. The number of esters is 2. The molecule has 0 aromatic rings. The van der Waals surface area contributed by atoms with Crippen molar-refractivity contribution in [2.45, 2.75) is 148 Å². The van der Waals surface area contributed by atoms with Crippen molar-refractivity contribution in [1.82, 2.24) is 0 Å². The Kier molecular flexibility index (Phi) is 30.0. The molecule has 0 saturated heterocycles. The zero-order chi connectivity index (χ0) is 35.9. The van der Waals surface area contributed by atoms with E-state index in [1.54, 1.807) is 6.08 Å². The van der Waals surface area contributed by atoms with E-state index in [1.165, 1.54) is 19.3 Å². The molecule has 0 amide bonds. The van der Waals surface area contributed by atoms with Crippen molar-refractivity contribution in [3.63, 3.8) is 0 Å². The molecule has 4 atom stereocenters. The molecule has 0 aromatic carbocycles. The number of unbranched alkanes of at least 4 members (excludes halogenated alkanes) is 10. The molecule has 48 heavy (non-hydrogen) atoms. The second-order valence-corrected chi connectivity index (χ2v) is 14.0. The van der Waals surface area contributed by atoms with Crippen molar-refractivity contribution >= 4 is 19.8 Å². The SMILES string of the molecule is CC/C=C/CC(O)/C=C/C=C/CCCCCCCC(=O)O[C@H](COC(=O)CCCCCCCCC(C)C)COP(=O)(O)OC[C@@H](O)CO. The smallest absolute Gasteiger partial charge is 0.462 e. The Labute approximate surface area is 289 Å². The normalized spacial score (nSPS) is 15.3. The van der Waals surface area contributed by atoms with E-state index in [4.69, 9.17) is 19.1 Å². The third kappa shape index (κ3) is 31.4. The predicted molar refractivity (Wildman–Crippen MR) is 188 cm³/mol. The lowest BCUT2D eigenvalue weighted by atomic mass is 10.0. The number of aliphatic hydroxyl groups excluding tert-OH is 3. The number of phosphoric ester groups is 1. The molecule has 0 rings (SSSR count). The van der Waals surface area contributed by atoms with E-state index in [2.05, 4.69) is 31.4 Å². The molecule has 0 saturated carbocycles. The molecule has 280 valence electrons. The largest absolute Gasteiger partial charge is 0.472 e. The van der Waals surface area contributed by atoms with Gasteiger partial charge in [0.1, 0.15) is 12.7 Å². The number of allylic oxidation sites excluding steroid dienone is 4. The van der Waals surface area contributed by atoms with Gasteiger partial charge in [-0.15, -0.1) is 0 Å². The summed E-state index contributed by atoms with van der Waals surface area (Å²) in [6.07, 6.45) is 23.4. The average molecular weight is 705 g/mol. The molecule has 0 aliphatic carbocycles. The summed E-state index contributed by atoms with van der Waals surface area (Å²) >= 11 is 0. The van der Waals surface area contributed by atoms with E-state index < -0.39 is 57.9 Å². The number of carbonyl (C=O) groups excluding carboxylic acids is 2. The van der Waals surface area contributed by atoms with E-state index >= 15 is 0 Å². The maximum Gasteiger partial charge on any atom is 0.472 e. The van der Waals surface area contributed by atoms with E-state index in [0.29, 0.717) is 25.2 Å². The first-order valence-corrected chi connectivity index (χ1v) is 19.4. The molecular weight excluding hydrogens is 639 g/mol. The molecule has 0 spiro atoms. The van der Waals surface area contributed by atoms with Crippen LogP contribution in [0.25, 0.3) is 0 Å². The fourth-order valence-corrected chi connectivity index (χ4v) is 5.30. The predicted octanol–water partition coefficient (Wildman–Crippen LogP) is 7.27. The fraction of sp³-hybridized carbons (Fsp3) is 0.778. The van der Waals surface area contributed by atoms with E-state index in [-0.39, 0.29) is 19.4 Å². The van der Waals surface area contributed by atoms with Gasteiger partial charge in [0.05, 0.1) is 25.9 Å². The summed E-state index contributed by atoms with van der Waals surface area (Å²) in [6.45, 7) is 4.31. The highest BCUT2D eigenvalue weighted by atomic mass is 31.2. The number of aliphatic hydroxyl groups is 3. The maximum atomic E-state index is 12.5. The molecule has 0 fully saturated rings. The first kappa shape index (κ1) is 46.1. The van der Waals surface area contributed by atoms with Gasteiger partial charge in [0.25, 0.3) is 0 Å². The second kappa shape index (κ2) is 31.2. The summed E-state index contributed by atoms with van der Waals surface area (Å²) in [5.41, 5.74) is 0. The van der Waals surface area contributed by atoms with Gasteiger partial charge in [0, 0.05) is 12.8 Å². The van der Waals surface area contributed by atoms with Crippen LogP contribution >= 0.6 is 7.82 Å². The molecular formula is C36H65O11P. The molecule has 0 heterocycles. The first-order chi connectivity index (χ1) is 23.0. The van der Waals surface area contributed by atoms with Gasteiger partial charge in [-0.2, -0.15) is 0 Å². The van der Waals surface area contributed by atoms with E-state index in [0.717, 1.165) is 57.8 Å². The second-order valence-electron chi connectivity index (χ2n) is 12.5. The van der Waals surface area contributed by atoms with Crippen LogP contribution in [-0.2, 0) is 32.7 Å². The van der Waals surface area contributed by atoms with Crippen molar-refractivity contribution in [2.24, 2.45) is 5.92 Å². The molecule has 4 N–H and O–H groups in total. The third-order valence-electron chi connectivity index (χ3n) is 7.32. The van der Waals surface area contributed by atoms with E-state index in [1.807, 2.05) is 24.3 Å². The number of ether oxygens (including phenoxy) is 2. The van der Waals surface area contributed by atoms with Crippen LogP contribution in [0.5, 0.6) is 0 Å². The molecule has 12 heteroatoms. The highest BCUT2D eigenvalue weighted by Crippen LogP contribution is 2.43. The summed E-state index contributed by atoms with van der Waals surface area (Å²) < 4.78 is 32.4. The summed E-state index contributed by atoms with van der Waals surface area (Å²) in [6, 6.07) is 0. The number of hydrogen-bond donors (Lipinski definition) is 4. The van der Waals surface area contributed by atoms with Gasteiger partial charge in [-0.05, 0) is 44.4 Å². The third-order valence-corrected chi connectivity index (χ3v) is 8.27. The summed E-state index contributed by atoms with van der Waals surface area (Å²) in [5, 5.41) is 28.1. The van der Waals surface area contributed by atoms with Gasteiger partial charge < -0.3 is 29.7 Å². The molecule has 0 aliphatic rings. The lowest BCUT2D eigenvalue weighted by Crippen LogP contribution is -2.29. The number of carbonyl (C=O) groups is 2. The zero-order valence-electron chi connectivity index (χ0n) is 29.7. The fourth-order valence-electron chi connectivity index (χ4n) is 4.51. The van der Waals surface area contributed by atoms with Crippen LogP contribution in [0, 0.1) is 5.92 Å². The van der Waals surface area contributed by atoms with Gasteiger partial charge in [0.15, 0.2) is 6.10 Å². The van der Waals surface area contributed by atoms with Crippen LogP contribution in [0.3, 0.4) is 0 Å². The van der Waals surface area contributed by atoms with Gasteiger partial charge in [0.2, 0.25) is 0 Å². The Morgan fingerprint density at radius 3 is 2.00 bits per heavy atom. The van der Waals surface area contributed by atoms with Gasteiger partial charge in [-0.1, -0.05) is 115 Å². The van der Waals surface area contributed by atoms with Gasteiger partial charge in [-0.3, -0.25) is 18.6 Å². The topological polar surface area (TPSA) is 169 Å². The molecule has 11 nitrogen and oxygen atoms in total. The number of rotatable bonds is 32. The van der Waals surface area contributed by atoms with E-state index in [9.17, 15) is 29.3 Å². The summed E-state index contributed by atoms with van der Waals surface area (Å²) in [5.74, 6) is -0.274. The summed E-state index contributed by atoms with van der Waals surface area (Å²) in [4.78, 5) is 34.7. The van der Waals surface area contributed by atoms with Crippen LogP contribution in [0.4, 0.5) is 0 Å². The summed E-state index contributed by atoms with van der Waals surface area (Å²) in [7, 11) is -4.62. The molecule has 0 bridgehead atoms. The Hall–Kier alpha value is -1.85. The quantitative estimate of drug-likeness (QED) is 0.0183. The Morgan fingerprint density at radius 1 is 0.750 bits per heavy atom. The Balaban J connectivity index is 4.48. The van der Waals surface area contributed by atoms with Crippen LogP contribution in [0.15, 0.2) is 36.5 Å². The molecule has 0 radical (unpaired) electrons. The van der Waals surface area contributed by atoms with Crippen LogP contribution in [0.2, 0.25) is 0 Å². The zero-order valence-corrected chi connectivity index (χ0v) is 30.6. The van der Waals surface area contributed by atoms with Crippen molar-refractivity contribution in [2.75, 3.05) is 26.4 Å². The molecule has 0 aromatic heterocycles. The number of hydrogen-bond acceptors (Lipinski definition) is 10.